The second kappa shape index (κ2) is 7.58. The van der Waals surface area contributed by atoms with Gasteiger partial charge in [0.15, 0.2) is 0 Å². The topological polar surface area (TPSA) is 112 Å². The molecule has 128 valence electrons. The first-order valence-electron chi connectivity index (χ1n) is 7.56. The molecule has 8 heteroatoms. The smallest absolute Gasteiger partial charge is 0.382 e. The van der Waals surface area contributed by atoms with E-state index >= 15 is 0 Å². The molecule has 1 atom stereocenters. The predicted molar refractivity (Wildman–Crippen MR) is 85.4 cm³/mol. The Balaban J connectivity index is 2.48. The zero-order valence-electron chi connectivity index (χ0n) is 13.4. The maximum Gasteiger partial charge on any atom is 0.382 e. The second-order valence-corrected chi connectivity index (χ2v) is 5.00. The van der Waals surface area contributed by atoms with E-state index in [0.717, 1.165) is 0 Å². The number of ether oxygens (including phenoxy) is 2. The summed E-state index contributed by atoms with van der Waals surface area (Å²) in [5.41, 5.74) is 1.13. The Hall–Kier alpha value is -2.90. The van der Waals surface area contributed by atoms with Gasteiger partial charge in [-0.15, -0.1) is 0 Å². The summed E-state index contributed by atoms with van der Waals surface area (Å²) < 4.78 is 9.76. The number of nitrogens with zero attached hydrogens (tertiary/aromatic N) is 1. The lowest BCUT2D eigenvalue weighted by atomic mass is 10.0. The van der Waals surface area contributed by atoms with Crippen LogP contribution in [0.3, 0.4) is 0 Å². The highest BCUT2D eigenvalue weighted by molar-refractivity contribution is 5.98. The number of carbonyl (C=O) groups is 2. The summed E-state index contributed by atoms with van der Waals surface area (Å²) in [7, 11) is 0. The number of hydrogen-bond acceptors (Lipinski definition) is 6. The zero-order valence-corrected chi connectivity index (χ0v) is 13.4. The number of hydrogen-bond donors (Lipinski definition) is 1. The van der Waals surface area contributed by atoms with Crippen LogP contribution in [0.4, 0.5) is 0 Å². The Kier molecular flexibility index (Phi) is 5.51. The van der Waals surface area contributed by atoms with Crippen molar-refractivity contribution in [3.05, 3.63) is 45.6 Å². The van der Waals surface area contributed by atoms with Crippen molar-refractivity contribution in [1.29, 1.82) is 0 Å². The molecule has 0 amide bonds. The summed E-state index contributed by atoms with van der Waals surface area (Å²) in [5, 5.41) is 11.9. The van der Waals surface area contributed by atoms with Crippen LogP contribution in [0, 0.1) is 10.1 Å². The van der Waals surface area contributed by atoms with Gasteiger partial charge in [0.2, 0.25) is 0 Å². The Morgan fingerprint density at radius 2 is 1.88 bits per heavy atom. The first-order chi connectivity index (χ1) is 11.5. The molecule has 0 aliphatic rings. The maximum atomic E-state index is 12.1. The molecule has 0 radical (unpaired) electrons. The van der Waals surface area contributed by atoms with E-state index in [0.29, 0.717) is 16.5 Å². The number of aromatic nitrogens is 1. The summed E-state index contributed by atoms with van der Waals surface area (Å²) in [6, 6.07) is 5.41. The summed E-state index contributed by atoms with van der Waals surface area (Å²) in [4.78, 5) is 37.5. The van der Waals surface area contributed by atoms with Gasteiger partial charge in [0.25, 0.3) is 0 Å². The quantitative estimate of drug-likeness (QED) is 0.471. The van der Waals surface area contributed by atoms with E-state index in [1.54, 1.807) is 38.1 Å². The number of carbonyl (C=O) groups excluding carboxylic acids is 2. The molecule has 1 unspecified atom stereocenters. The molecule has 1 aromatic carbocycles. The lowest BCUT2D eigenvalue weighted by molar-refractivity contribution is -0.510. The standard InChI is InChI=1S/C16H18N2O6/c1-3-23-15(19)13(18(21)22)9-11-10-7-5-6-8-12(10)17-14(11)16(20)24-4-2/h5-8,13,17H,3-4,9H2,1-2H3. The monoisotopic (exact) mass is 334 g/mol. The molecule has 0 bridgehead atoms. The number of nitro groups is 1. The van der Waals surface area contributed by atoms with Crippen molar-refractivity contribution in [2.45, 2.75) is 26.3 Å². The SMILES string of the molecule is CCOC(=O)c1[nH]c2ccccc2c1CC(C(=O)OCC)[N+](=O)[O-]. The van der Waals surface area contributed by atoms with Crippen molar-refractivity contribution >= 4 is 22.8 Å². The van der Waals surface area contributed by atoms with Crippen LogP contribution < -0.4 is 0 Å². The summed E-state index contributed by atoms with van der Waals surface area (Å²) in [5.74, 6) is -1.54. The zero-order chi connectivity index (χ0) is 17.7. The number of esters is 2. The molecule has 0 saturated heterocycles. The van der Waals surface area contributed by atoms with E-state index in [2.05, 4.69) is 4.98 Å². The number of H-pyrrole nitrogens is 1. The van der Waals surface area contributed by atoms with Gasteiger partial charge in [0, 0.05) is 15.8 Å². The number of benzene rings is 1. The minimum atomic E-state index is -1.59. The van der Waals surface area contributed by atoms with Crippen molar-refractivity contribution in [2.24, 2.45) is 0 Å². The number of aromatic amines is 1. The van der Waals surface area contributed by atoms with E-state index < -0.39 is 22.9 Å². The average molecular weight is 334 g/mol. The first kappa shape index (κ1) is 17.5. The molecular formula is C16H18N2O6. The van der Waals surface area contributed by atoms with Crippen LogP contribution in [-0.4, -0.2) is 41.1 Å². The van der Waals surface area contributed by atoms with Gasteiger partial charge in [-0.25, -0.2) is 9.59 Å². The molecule has 0 aliphatic carbocycles. The number of fused-ring (bicyclic) bond motifs is 1. The van der Waals surface area contributed by atoms with Crippen molar-refractivity contribution < 1.29 is 24.0 Å². The summed E-state index contributed by atoms with van der Waals surface area (Å²) in [6.07, 6.45) is -0.260. The van der Waals surface area contributed by atoms with Crippen LogP contribution in [-0.2, 0) is 20.7 Å². The molecule has 0 fully saturated rings. The van der Waals surface area contributed by atoms with Crippen molar-refractivity contribution in [2.75, 3.05) is 13.2 Å². The largest absolute Gasteiger partial charge is 0.461 e. The molecule has 1 heterocycles. The van der Waals surface area contributed by atoms with Gasteiger partial charge in [0.05, 0.1) is 19.6 Å². The lowest BCUT2D eigenvalue weighted by Crippen LogP contribution is -2.34. The number of nitrogens with one attached hydrogen (secondary N) is 1. The van der Waals surface area contributed by atoms with Gasteiger partial charge in [-0.2, -0.15) is 0 Å². The highest BCUT2D eigenvalue weighted by Crippen LogP contribution is 2.25. The fourth-order valence-corrected chi connectivity index (χ4v) is 2.47. The Labute approximate surface area is 137 Å². The van der Waals surface area contributed by atoms with E-state index in [1.165, 1.54) is 0 Å². The Bertz CT molecular complexity index is 767. The second-order valence-electron chi connectivity index (χ2n) is 5.00. The molecule has 1 N–H and O–H groups in total. The first-order valence-corrected chi connectivity index (χ1v) is 7.56. The third kappa shape index (κ3) is 3.53. The summed E-state index contributed by atoms with van der Waals surface area (Å²) in [6.45, 7) is 3.45. The van der Waals surface area contributed by atoms with Gasteiger partial charge in [-0.1, -0.05) is 18.2 Å². The third-order valence-corrected chi connectivity index (χ3v) is 3.50. The highest BCUT2D eigenvalue weighted by Gasteiger charge is 2.34. The Morgan fingerprint density at radius 3 is 2.50 bits per heavy atom. The third-order valence-electron chi connectivity index (χ3n) is 3.50. The van der Waals surface area contributed by atoms with Crippen molar-refractivity contribution in [3.63, 3.8) is 0 Å². The van der Waals surface area contributed by atoms with Crippen LogP contribution in [0.25, 0.3) is 10.9 Å². The average Bonchev–Trinajstić information content (AvgIpc) is 2.91. The maximum absolute atomic E-state index is 12.1. The van der Waals surface area contributed by atoms with Crippen molar-refractivity contribution in [1.82, 2.24) is 4.98 Å². The van der Waals surface area contributed by atoms with Gasteiger partial charge in [-0.3, -0.25) is 10.1 Å². The van der Waals surface area contributed by atoms with Crippen molar-refractivity contribution in [3.8, 4) is 0 Å². The molecule has 2 aromatic rings. The van der Waals surface area contributed by atoms with E-state index in [-0.39, 0.29) is 25.3 Å². The molecule has 1 aromatic heterocycles. The number of rotatable bonds is 7. The summed E-state index contributed by atoms with van der Waals surface area (Å²) >= 11 is 0. The molecule has 24 heavy (non-hydrogen) atoms. The van der Waals surface area contributed by atoms with E-state index in [4.69, 9.17) is 9.47 Å². The highest BCUT2D eigenvalue weighted by atomic mass is 16.6. The molecule has 2 rings (SSSR count). The van der Waals surface area contributed by atoms with Gasteiger partial charge in [0.1, 0.15) is 5.69 Å². The molecule has 0 aliphatic heterocycles. The minimum Gasteiger partial charge on any atom is -0.461 e. The van der Waals surface area contributed by atoms with Crippen LogP contribution in [0.5, 0.6) is 0 Å². The Morgan fingerprint density at radius 1 is 1.21 bits per heavy atom. The molecule has 0 saturated carbocycles. The van der Waals surface area contributed by atoms with Crippen LogP contribution >= 0.6 is 0 Å². The normalized spacial score (nSPS) is 11.9. The van der Waals surface area contributed by atoms with Gasteiger partial charge < -0.3 is 14.5 Å². The van der Waals surface area contributed by atoms with Crippen LogP contribution in [0.1, 0.15) is 29.9 Å². The lowest BCUT2D eigenvalue weighted by Gasteiger charge is -2.09. The fraction of sp³-hybridized carbons (Fsp3) is 0.375. The van der Waals surface area contributed by atoms with Gasteiger partial charge >= 0.3 is 18.0 Å². The molecule has 0 spiro atoms. The fourth-order valence-electron chi connectivity index (χ4n) is 2.47. The number of para-hydroxylation sites is 1. The molecular weight excluding hydrogens is 316 g/mol. The van der Waals surface area contributed by atoms with E-state index in [1.807, 2.05) is 0 Å². The van der Waals surface area contributed by atoms with Gasteiger partial charge in [-0.05, 0) is 25.5 Å². The predicted octanol–water partition coefficient (Wildman–Crippen LogP) is 2.10. The molecule has 8 nitrogen and oxygen atoms in total. The van der Waals surface area contributed by atoms with Crippen LogP contribution in [0.2, 0.25) is 0 Å². The van der Waals surface area contributed by atoms with E-state index in [9.17, 15) is 19.7 Å². The van der Waals surface area contributed by atoms with Crippen LogP contribution in [0.15, 0.2) is 24.3 Å². The minimum absolute atomic E-state index is 0.0434.